The average Bonchev–Trinajstić information content (AvgIpc) is 2.79. The Labute approximate surface area is 199 Å². The first-order valence-corrected chi connectivity index (χ1v) is 11.6. The van der Waals surface area contributed by atoms with Gasteiger partial charge in [-0.05, 0) is 55.9 Å². The second-order valence-corrected chi connectivity index (χ2v) is 9.31. The van der Waals surface area contributed by atoms with Gasteiger partial charge in [0, 0.05) is 5.56 Å². The number of aryl methyl sites for hydroxylation is 1. The molecule has 34 heavy (non-hydrogen) atoms. The molecule has 0 N–H and O–H groups in total. The second-order valence-electron chi connectivity index (χ2n) is 9.31. The van der Waals surface area contributed by atoms with Crippen molar-refractivity contribution in [2.45, 2.75) is 53.2 Å². The van der Waals surface area contributed by atoms with Crippen molar-refractivity contribution in [1.82, 2.24) is 0 Å². The summed E-state index contributed by atoms with van der Waals surface area (Å²) in [5.41, 5.74) is 1.03. The normalized spacial score (nSPS) is 16.9. The third-order valence-corrected chi connectivity index (χ3v) is 5.99. The molecule has 178 valence electrons. The Morgan fingerprint density at radius 1 is 1.15 bits per heavy atom. The molecule has 1 aliphatic carbocycles. The van der Waals surface area contributed by atoms with E-state index in [0.717, 1.165) is 18.4 Å². The fraction of sp³-hybridized carbons (Fsp3) is 0.357. The summed E-state index contributed by atoms with van der Waals surface area (Å²) in [5.74, 6) is 0.0107. The van der Waals surface area contributed by atoms with Crippen LogP contribution in [-0.2, 0) is 11.3 Å². The molecule has 0 unspecified atom stereocenters. The minimum atomic E-state index is -0.798. The van der Waals surface area contributed by atoms with E-state index in [2.05, 4.69) is 26.0 Å². The van der Waals surface area contributed by atoms with Crippen molar-refractivity contribution in [2.24, 2.45) is 5.41 Å². The molecule has 6 nitrogen and oxygen atoms in total. The minimum absolute atomic E-state index is 0.0702. The minimum Gasteiger partial charge on any atom is -0.487 e. The smallest absolute Gasteiger partial charge is 0.354 e. The quantitative estimate of drug-likeness (QED) is 0.244. The highest BCUT2D eigenvalue weighted by Crippen LogP contribution is 2.37. The Morgan fingerprint density at radius 2 is 1.91 bits per heavy atom. The topological polar surface area (TPSA) is 75.0 Å². The van der Waals surface area contributed by atoms with E-state index < -0.39 is 11.6 Å². The third kappa shape index (κ3) is 5.01. The lowest BCUT2D eigenvalue weighted by atomic mass is 9.80. The molecule has 0 saturated carbocycles. The van der Waals surface area contributed by atoms with Crippen molar-refractivity contribution in [3.05, 3.63) is 81.7 Å². The first-order valence-electron chi connectivity index (χ1n) is 11.6. The molecule has 0 saturated heterocycles. The van der Waals surface area contributed by atoms with Crippen LogP contribution in [0.15, 0.2) is 63.8 Å². The van der Waals surface area contributed by atoms with Gasteiger partial charge in [-0.2, -0.15) is 0 Å². The van der Waals surface area contributed by atoms with E-state index in [4.69, 9.17) is 18.6 Å². The summed E-state index contributed by atoms with van der Waals surface area (Å²) in [6.07, 6.45) is 6.05. The Hall–Kier alpha value is -3.54. The van der Waals surface area contributed by atoms with Crippen molar-refractivity contribution in [2.75, 3.05) is 6.61 Å². The first-order chi connectivity index (χ1) is 16.3. The summed E-state index contributed by atoms with van der Waals surface area (Å²) in [6.45, 7) is 8.26. The fourth-order valence-corrected chi connectivity index (χ4v) is 4.22. The van der Waals surface area contributed by atoms with Gasteiger partial charge in [0.05, 0.1) is 12.0 Å². The molecule has 0 spiro atoms. The average molecular weight is 463 g/mol. The lowest BCUT2D eigenvalue weighted by Gasteiger charge is -2.31. The molecule has 2 aromatic carbocycles. The lowest BCUT2D eigenvalue weighted by molar-refractivity contribution is 0.0516. The molecular formula is C28H30O6. The summed E-state index contributed by atoms with van der Waals surface area (Å²) < 4.78 is 23.1. The van der Waals surface area contributed by atoms with Gasteiger partial charge in [-0.25, -0.2) is 9.59 Å². The molecule has 0 aliphatic heterocycles. The van der Waals surface area contributed by atoms with Crippen molar-refractivity contribution in [1.29, 1.82) is 0 Å². The molecule has 0 radical (unpaired) electrons. The number of carbonyl (C=O) groups excluding carboxylic acids is 1. The lowest BCUT2D eigenvalue weighted by Crippen LogP contribution is -2.27. The first kappa shape index (κ1) is 23.6. The van der Waals surface area contributed by atoms with E-state index in [-0.39, 0.29) is 36.0 Å². The van der Waals surface area contributed by atoms with Gasteiger partial charge in [-0.1, -0.05) is 50.3 Å². The summed E-state index contributed by atoms with van der Waals surface area (Å²) in [5, 5.41) is 0.517. The van der Waals surface area contributed by atoms with Gasteiger partial charge >= 0.3 is 11.6 Å². The maximum Gasteiger partial charge on any atom is 0.354 e. The van der Waals surface area contributed by atoms with E-state index in [1.807, 2.05) is 43.3 Å². The van der Waals surface area contributed by atoms with Gasteiger partial charge in [0.15, 0.2) is 11.3 Å². The predicted molar refractivity (Wildman–Crippen MR) is 131 cm³/mol. The number of hydrogen-bond donors (Lipinski definition) is 0. The van der Waals surface area contributed by atoms with Crippen molar-refractivity contribution >= 4 is 16.9 Å². The Balaban J connectivity index is 1.76. The number of esters is 1. The Morgan fingerprint density at radius 3 is 2.62 bits per heavy atom. The van der Waals surface area contributed by atoms with Crippen LogP contribution in [0.25, 0.3) is 11.0 Å². The Kier molecular flexibility index (Phi) is 6.77. The maximum atomic E-state index is 12.9. The van der Waals surface area contributed by atoms with Gasteiger partial charge in [0.1, 0.15) is 24.0 Å². The van der Waals surface area contributed by atoms with Crippen LogP contribution in [0.2, 0.25) is 0 Å². The van der Waals surface area contributed by atoms with E-state index >= 15 is 0 Å². The zero-order valence-corrected chi connectivity index (χ0v) is 20.1. The van der Waals surface area contributed by atoms with Crippen LogP contribution in [0.1, 0.15) is 55.1 Å². The number of ether oxygens (including phenoxy) is 3. The van der Waals surface area contributed by atoms with Crippen LogP contribution in [0, 0.1) is 12.3 Å². The van der Waals surface area contributed by atoms with Crippen LogP contribution < -0.4 is 15.1 Å². The summed E-state index contributed by atoms with van der Waals surface area (Å²) >= 11 is 0. The fourth-order valence-electron chi connectivity index (χ4n) is 4.22. The summed E-state index contributed by atoms with van der Waals surface area (Å²) in [7, 11) is 0. The van der Waals surface area contributed by atoms with Crippen LogP contribution in [0.4, 0.5) is 0 Å². The molecule has 4 rings (SSSR count). The van der Waals surface area contributed by atoms with Crippen molar-refractivity contribution in [3.63, 3.8) is 0 Å². The number of rotatable bonds is 7. The molecule has 1 atom stereocenters. The van der Waals surface area contributed by atoms with Crippen LogP contribution in [-0.4, -0.2) is 18.7 Å². The molecule has 1 aromatic heterocycles. The molecule has 0 bridgehead atoms. The number of fused-ring (bicyclic) bond motifs is 1. The summed E-state index contributed by atoms with van der Waals surface area (Å²) in [4.78, 5) is 25.5. The van der Waals surface area contributed by atoms with Crippen molar-refractivity contribution in [3.8, 4) is 11.5 Å². The molecular weight excluding hydrogens is 432 g/mol. The maximum absolute atomic E-state index is 12.9. The number of hydrogen-bond acceptors (Lipinski definition) is 6. The molecule has 1 heterocycles. The molecule has 1 aliphatic rings. The highest BCUT2D eigenvalue weighted by Gasteiger charge is 2.28. The van der Waals surface area contributed by atoms with Crippen molar-refractivity contribution < 1.29 is 23.4 Å². The zero-order chi connectivity index (χ0) is 24.3. The van der Waals surface area contributed by atoms with Gasteiger partial charge in [-0.15, -0.1) is 0 Å². The largest absolute Gasteiger partial charge is 0.487 e. The Bertz CT molecular complexity index is 1270. The highest BCUT2D eigenvalue weighted by atomic mass is 16.5. The van der Waals surface area contributed by atoms with E-state index in [9.17, 15) is 9.59 Å². The SMILES string of the molecule is CCOC(=O)c1c(OCc2ccccc2)c2ccc(O[C@H]3C=CCC(C)(C)C3)c(C)c2oc1=O. The number of benzene rings is 2. The zero-order valence-electron chi connectivity index (χ0n) is 20.1. The second kappa shape index (κ2) is 9.75. The van der Waals surface area contributed by atoms with E-state index in [1.54, 1.807) is 13.0 Å². The predicted octanol–water partition coefficient (Wildman–Crippen LogP) is 5.98. The third-order valence-electron chi connectivity index (χ3n) is 5.99. The van der Waals surface area contributed by atoms with E-state index in [1.165, 1.54) is 0 Å². The number of allylic oxidation sites excluding steroid dienone is 1. The molecule has 0 fully saturated rings. The monoisotopic (exact) mass is 462 g/mol. The molecule has 6 heteroatoms. The van der Waals surface area contributed by atoms with E-state index in [0.29, 0.717) is 22.3 Å². The van der Waals surface area contributed by atoms with Gasteiger partial charge in [-0.3, -0.25) is 0 Å². The van der Waals surface area contributed by atoms with Crippen LogP contribution in [0.3, 0.4) is 0 Å². The standard InChI is InChI=1S/C28H30O6/c1-5-31-26(29)23-25(32-17-19-10-7-6-8-11-19)21-13-14-22(18(2)24(21)34-27(23)30)33-20-12-9-15-28(3,4)16-20/h6-14,20H,5,15-17H2,1-4H3/t20-/m0/s1. The molecule has 3 aromatic rings. The van der Waals surface area contributed by atoms with Crippen LogP contribution >= 0.6 is 0 Å². The van der Waals surface area contributed by atoms with Crippen LogP contribution in [0.5, 0.6) is 11.5 Å². The van der Waals surface area contributed by atoms with Gasteiger partial charge in [0.2, 0.25) is 0 Å². The summed E-state index contributed by atoms with van der Waals surface area (Å²) in [6, 6.07) is 13.1. The van der Waals surface area contributed by atoms with Gasteiger partial charge < -0.3 is 18.6 Å². The highest BCUT2D eigenvalue weighted by molar-refractivity contribution is 5.99. The molecule has 0 amide bonds. The van der Waals surface area contributed by atoms with Gasteiger partial charge in [0.25, 0.3) is 0 Å². The number of carbonyl (C=O) groups is 1.